The molecule has 3 heterocycles. The largest absolute Gasteiger partial charge is 0.434 e. The summed E-state index contributed by atoms with van der Waals surface area (Å²) < 4.78 is 32.2. The second-order valence-corrected chi connectivity index (χ2v) is 7.09. The summed E-state index contributed by atoms with van der Waals surface area (Å²) >= 11 is 1.69. The summed E-state index contributed by atoms with van der Waals surface area (Å²) in [6.45, 7) is -0.0359. The third kappa shape index (κ3) is 3.07. The minimum Gasteiger partial charge on any atom is -0.434 e. The average Bonchev–Trinajstić information content (AvgIpc) is 3.25. The maximum absolute atomic E-state index is 12.9. The van der Waals surface area contributed by atoms with Gasteiger partial charge in [0.1, 0.15) is 11.4 Å². The normalized spacial score (nSPS) is 16.6. The SMILES string of the molecule is CC1CNc2cc(OC(F)F)c(-c3[nH]ncc3-n3cccn3)cc2S1. The Morgan fingerprint density at radius 3 is 3.04 bits per heavy atom. The summed E-state index contributed by atoms with van der Waals surface area (Å²) in [5.41, 5.74) is 2.54. The fourth-order valence-electron chi connectivity index (χ4n) is 2.76. The number of benzene rings is 1. The first-order valence-corrected chi connectivity index (χ1v) is 8.57. The molecular weight excluding hydrogens is 348 g/mol. The third-order valence-electron chi connectivity index (χ3n) is 3.85. The number of hydrogen-bond acceptors (Lipinski definition) is 5. The number of ether oxygens (including phenoxy) is 1. The van der Waals surface area contributed by atoms with Gasteiger partial charge in [0.05, 0.1) is 17.6 Å². The Hall–Kier alpha value is -2.55. The van der Waals surface area contributed by atoms with Crippen LogP contribution in [0.15, 0.2) is 41.7 Å². The highest BCUT2D eigenvalue weighted by Gasteiger charge is 2.23. The van der Waals surface area contributed by atoms with Gasteiger partial charge in [-0.15, -0.1) is 11.8 Å². The molecule has 1 aromatic carbocycles. The van der Waals surface area contributed by atoms with Crippen LogP contribution in [-0.2, 0) is 0 Å². The number of halogens is 2. The molecule has 0 spiro atoms. The molecule has 0 amide bonds. The lowest BCUT2D eigenvalue weighted by molar-refractivity contribution is -0.0494. The van der Waals surface area contributed by atoms with Crippen molar-refractivity contribution in [3.8, 4) is 22.7 Å². The molecule has 0 bridgehead atoms. The first-order chi connectivity index (χ1) is 12.1. The molecule has 1 aliphatic rings. The second kappa shape index (κ2) is 6.40. The van der Waals surface area contributed by atoms with Gasteiger partial charge in [-0.1, -0.05) is 6.92 Å². The van der Waals surface area contributed by atoms with E-state index >= 15 is 0 Å². The summed E-state index contributed by atoms with van der Waals surface area (Å²) in [6.07, 6.45) is 5.00. The Balaban J connectivity index is 1.86. The first kappa shape index (κ1) is 15.9. The van der Waals surface area contributed by atoms with Crippen LogP contribution in [-0.4, -0.2) is 38.4 Å². The van der Waals surface area contributed by atoms with Gasteiger partial charge < -0.3 is 10.1 Å². The van der Waals surface area contributed by atoms with Crippen LogP contribution in [0.25, 0.3) is 16.9 Å². The molecule has 1 unspecified atom stereocenters. The number of anilines is 1. The Labute approximate surface area is 146 Å². The number of alkyl halides is 2. The predicted molar refractivity (Wildman–Crippen MR) is 91.6 cm³/mol. The van der Waals surface area contributed by atoms with Crippen molar-refractivity contribution >= 4 is 17.4 Å². The predicted octanol–water partition coefficient (Wildman–Crippen LogP) is 3.77. The van der Waals surface area contributed by atoms with E-state index in [1.807, 2.05) is 6.07 Å². The summed E-state index contributed by atoms with van der Waals surface area (Å²) in [5, 5.41) is 14.7. The number of thioether (sulfide) groups is 1. The highest BCUT2D eigenvalue weighted by molar-refractivity contribution is 8.00. The zero-order valence-electron chi connectivity index (χ0n) is 13.2. The van der Waals surface area contributed by atoms with Gasteiger partial charge in [-0.05, 0) is 12.1 Å². The molecule has 130 valence electrons. The van der Waals surface area contributed by atoms with E-state index < -0.39 is 6.61 Å². The van der Waals surface area contributed by atoms with Crippen LogP contribution in [0.4, 0.5) is 14.5 Å². The van der Waals surface area contributed by atoms with Crippen molar-refractivity contribution in [3.63, 3.8) is 0 Å². The Bertz CT molecular complexity index is 881. The topological polar surface area (TPSA) is 67.8 Å². The van der Waals surface area contributed by atoms with E-state index in [-0.39, 0.29) is 5.75 Å². The fraction of sp³-hybridized carbons (Fsp3) is 0.250. The molecule has 3 aromatic rings. The van der Waals surface area contributed by atoms with E-state index in [4.69, 9.17) is 4.74 Å². The van der Waals surface area contributed by atoms with Crippen LogP contribution in [0.5, 0.6) is 5.75 Å². The molecule has 9 heteroatoms. The zero-order chi connectivity index (χ0) is 17.4. The van der Waals surface area contributed by atoms with Crippen molar-refractivity contribution in [2.75, 3.05) is 11.9 Å². The van der Waals surface area contributed by atoms with Gasteiger partial charge >= 0.3 is 6.61 Å². The standard InChI is InChI=1S/C16H15F2N5OS/c1-9-7-19-11-6-13(24-16(17)18)10(5-14(11)25-9)15-12(8-20-22-15)23-4-2-3-21-23/h2-6,8-9,16,19H,7H2,1H3,(H,20,22). The molecule has 4 rings (SSSR count). The van der Waals surface area contributed by atoms with Crippen molar-refractivity contribution in [1.82, 2.24) is 20.0 Å². The molecular formula is C16H15F2N5OS. The monoisotopic (exact) mass is 363 g/mol. The summed E-state index contributed by atoms with van der Waals surface area (Å²) in [5.74, 6) is 0.0917. The lowest BCUT2D eigenvalue weighted by Crippen LogP contribution is -2.18. The number of hydrogen-bond donors (Lipinski definition) is 2. The Kier molecular flexibility index (Phi) is 4.08. The highest BCUT2D eigenvalue weighted by atomic mass is 32.2. The minimum absolute atomic E-state index is 0.0917. The van der Waals surface area contributed by atoms with Crippen molar-refractivity contribution in [2.24, 2.45) is 0 Å². The quantitative estimate of drug-likeness (QED) is 0.739. The Morgan fingerprint density at radius 1 is 1.40 bits per heavy atom. The molecule has 1 atom stereocenters. The zero-order valence-corrected chi connectivity index (χ0v) is 14.1. The van der Waals surface area contributed by atoms with Gasteiger partial charge in [0.2, 0.25) is 0 Å². The molecule has 6 nitrogen and oxygen atoms in total. The maximum Gasteiger partial charge on any atom is 0.387 e. The molecule has 0 aliphatic carbocycles. The van der Waals surface area contributed by atoms with E-state index in [9.17, 15) is 8.78 Å². The number of aromatic nitrogens is 4. The average molecular weight is 363 g/mol. The van der Waals surface area contributed by atoms with Gasteiger partial charge in [-0.2, -0.15) is 19.0 Å². The second-order valence-electron chi connectivity index (χ2n) is 5.61. The van der Waals surface area contributed by atoms with E-state index in [1.54, 1.807) is 47.2 Å². The molecule has 0 saturated carbocycles. The lowest BCUT2D eigenvalue weighted by Gasteiger charge is -2.24. The van der Waals surface area contributed by atoms with Gasteiger partial charge in [0, 0.05) is 40.7 Å². The molecule has 0 fully saturated rings. The molecule has 2 N–H and O–H groups in total. The fourth-order valence-corrected chi connectivity index (χ4v) is 3.80. The van der Waals surface area contributed by atoms with Gasteiger partial charge in [0.25, 0.3) is 0 Å². The van der Waals surface area contributed by atoms with E-state index in [1.165, 1.54) is 0 Å². The van der Waals surface area contributed by atoms with Gasteiger partial charge in [0.15, 0.2) is 0 Å². The number of fused-ring (bicyclic) bond motifs is 1. The Morgan fingerprint density at radius 2 is 2.28 bits per heavy atom. The molecule has 0 radical (unpaired) electrons. The first-order valence-electron chi connectivity index (χ1n) is 7.69. The van der Waals surface area contributed by atoms with Crippen molar-refractivity contribution < 1.29 is 13.5 Å². The number of rotatable bonds is 4. The maximum atomic E-state index is 12.9. The van der Waals surface area contributed by atoms with E-state index in [2.05, 4.69) is 27.5 Å². The molecule has 25 heavy (non-hydrogen) atoms. The van der Waals surface area contributed by atoms with E-state index in [0.717, 1.165) is 17.1 Å². The molecule has 0 saturated heterocycles. The van der Waals surface area contributed by atoms with Crippen molar-refractivity contribution in [3.05, 3.63) is 36.8 Å². The van der Waals surface area contributed by atoms with Crippen LogP contribution in [0.3, 0.4) is 0 Å². The smallest absolute Gasteiger partial charge is 0.387 e. The van der Waals surface area contributed by atoms with Crippen LogP contribution in [0, 0.1) is 0 Å². The number of H-pyrrole nitrogens is 1. The van der Waals surface area contributed by atoms with Crippen molar-refractivity contribution in [1.29, 1.82) is 0 Å². The summed E-state index contributed by atoms with van der Waals surface area (Å²) in [7, 11) is 0. The highest BCUT2D eigenvalue weighted by Crippen LogP contribution is 2.43. The summed E-state index contributed by atoms with van der Waals surface area (Å²) in [6, 6.07) is 5.24. The van der Waals surface area contributed by atoms with Crippen LogP contribution in [0.1, 0.15) is 6.92 Å². The van der Waals surface area contributed by atoms with E-state index in [0.29, 0.717) is 22.2 Å². The molecule has 2 aromatic heterocycles. The van der Waals surface area contributed by atoms with Crippen LogP contribution >= 0.6 is 11.8 Å². The van der Waals surface area contributed by atoms with Crippen molar-refractivity contribution in [2.45, 2.75) is 23.7 Å². The number of nitrogens with one attached hydrogen (secondary N) is 2. The number of nitrogens with zero attached hydrogens (tertiary/aromatic N) is 3. The number of aromatic amines is 1. The minimum atomic E-state index is -2.91. The van der Waals surface area contributed by atoms with Crippen LogP contribution in [0.2, 0.25) is 0 Å². The third-order valence-corrected chi connectivity index (χ3v) is 5.01. The van der Waals surface area contributed by atoms with Gasteiger partial charge in [-0.3, -0.25) is 5.10 Å². The lowest BCUT2D eigenvalue weighted by atomic mass is 10.1. The summed E-state index contributed by atoms with van der Waals surface area (Å²) in [4.78, 5) is 0.983. The van der Waals surface area contributed by atoms with Crippen LogP contribution < -0.4 is 10.1 Å². The molecule has 1 aliphatic heterocycles. The van der Waals surface area contributed by atoms with Gasteiger partial charge in [-0.25, -0.2) is 4.68 Å².